The maximum absolute atomic E-state index is 11.4. The lowest BCUT2D eigenvalue weighted by molar-refractivity contribution is -0.151. The number of esters is 1. The van der Waals surface area contributed by atoms with E-state index < -0.39 is 5.97 Å². The van der Waals surface area contributed by atoms with Crippen LogP contribution in [0.2, 0.25) is 0 Å². The molecule has 4 atom stereocenters. The van der Waals surface area contributed by atoms with Gasteiger partial charge in [-0.15, -0.1) is 0 Å². The zero-order valence-corrected chi connectivity index (χ0v) is 8.10. The lowest BCUT2D eigenvalue weighted by Gasteiger charge is -2.24. The smallest absolute Gasteiger partial charge is 0.308 e. The van der Waals surface area contributed by atoms with Crippen LogP contribution in [0.3, 0.4) is 0 Å². The first kappa shape index (κ1) is 9.49. The molecule has 2 rings (SSSR count). The molecule has 2 fully saturated rings. The number of aliphatic carboxylic acids is 1. The second-order valence-corrected chi connectivity index (χ2v) is 4.31. The fourth-order valence-corrected chi connectivity index (χ4v) is 3.06. The summed E-state index contributed by atoms with van der Waals surface area (Å²) in [6.45, 7) is 0. The number of ether oxygens (including phenoxy) is 1. The third-order valence-electron chi connectivity index (χ3n) is 3.63. The normalized spacial score (nSPS) is 39.8. The van der Waals surface area contributed by atoms with Crippen molar-refractivity contribution in [1.82, 2.24) is 0 Å². The third-order valence-corrected chi connectivity index (χ3v) is 3.63. The van der Waals surface area contributed by atoms with Gasteiger partial charge in [0.1, 0.15) is 0 Å². The van der Waals surface area contributed by atoms with E-state index >= 15 is 0 Å². The average Bonchev–Trinajstić information content (AvgIpc) is 2.74. The molecule has 14 heavy (non-hydrogen) atoms. The van der Waals surface area contributed by atoms with Gasteiger partial charge < -0.3 is 9.84 Å². The van der Waals surface area contributed by atoms with Crippen molar-refractivity contribution in [2.45, 2.75) is 19.3 Å². The number of carboxylic acid groups (broad SMARTS) is 1. The Hall–Kier alpha value is -1.06. The van der Waals surface area contributed by atoms with Gasteiger partial charge in [-0.1, -0.05) is 0 Å². The first-order chi connectivity index (χ1) is 6.63. The molecule has 78 valence electrons. The highest BCUT2D eigenvalue weighted by Gasteiger charge is 2.52. The van der Waals surface area contributed by atoms with Crippen LogP contribution in [0.15, 0.2) is 0 Å². The minimum Gasteiger partial charge on any atom is -0.481 e. The van der Waals surface area contributed by atoms with Gasteiger partial charge in [0.15, 0.2) is 0 Å². The molecule has 0 aromatic rings. The van der Waals surface area contributed by atoms with E-state index in [1.807, 2.05) is 0 Å². The van der Waals surface area contributed by atoms with E-state index in [1.54, 1.807) is 0 Å². The quantitative estimate of drug-likeness (QED) is 0.670. The SMILES string of the molecule is COC(=O)C1CC2CC(C(=O)O)C1C2. The van der Waals surface area contributed by atoms with Crippen molar-refractivity contribution in [2.24, 2.45) is 23.7 Å². The van der Waals surface area contributed by atoms with Gasteiger partial charge in [0.05, 0.1) is 18.9 Å². The van der Waals surface area contributed by atoms with Gasteiger partial charge in [0.25, 0.3) is 0 Å². The zero-order valence-electron chi connectivity index (χ0n) is 8.10. The van der Waals surface area contributed by atoms with Crippen molar-refractivity contribution in [1.29, 1.82) is 0 Å². The highest BCUT2D eigenvalue weighted by atomic mass is 16.5. The predicted octanol–water partition coefficient (Wildman–Crippen LogP) is 0.906. The topological polar surface area (TPSA) is 63.6 Å². The first-order valence-corrected chi connectivity index (χ1v) is 4.94. The Morgan fingerprint density at radius 2 is 1.86 bits per heavy atom. The monoisotopic (exact) mass is 198 g/mol. The molecule has 2 aliphatic rings. The number of methoxy groups -OCH3 is 1. The van der Waals surface area contributed by atoms with Gasteiger partial charge in [0, 0.05) is 0 Å². The van der Waals surface area contributed by atoms with E-state index in [0.717, 1.165) is 19.3 Å². The number of fused-ring (bicyclic) bond motifs is 2. The lowest BCUT2D eigenvalue weighted by atomic mass is 9.80. The van der Waals surface area contributed by atoms with E-state index in [4.69, 9.17) is 5.11 Å². The van der Waals surface area contributed by atoms with Crippen molar-refractivity contribution in [3.63, 3.8) is 0 Å². The summed E-state index contributed by atoms with van der Waals surface area (Å²) in [5, 5.41) is 8.96. The van der Waals surface area contributed by atoms with Crippen LogP contribution in [0.25, 0.3) is 0 Å². The molecule has 2 saturated carbocycles. The molecule has 2 aliphatic carbocycles. The molecule has 1 N–H and O–H groups in total. The Balaban J connectivity index is 2.11. The number of carbonyl (C=O) groups is 2. The van der Waals surface area contributed by atoms with Crippen LogP contribution in [0.1, 0.15) is 19.3 Å². The summed E-state index contributed by atoms with van der Waals surface area (Å²) >= 11 is 0. The van der Waals surface area contributed by atoms with E-state index in [1.165, 1.54) is 7.11 Å². The summed E-state index contributed by atoms with van der Waals surface area (Å²) < 4.78 is 4.68. The highest BCUT2D eigenvalue weighted by molar-refractivity contribution is 5.77. The largest absolute Gasteiger partial charge is 0.481 e. The molecular formula is C10H14O4. The van der Waals surface area contributed by atoms with Crippen LogP contribution in [0.4, 0.5) is 0 Å². The summed E-state index contributed by atoms with van der Waals surface area (Å²) in [7, 11) is 1.37. The molecule has 0 aromatic carbocycles. The lowest BCUT2D eigenvalue weighted by Crippen LogP contribution is -2.31. The van der Waals surface area contributed by atoms with Gasteiger partial charge in [-0.2, -0.15) is 0 Å². The average molecular weight is 198 g/mol. The van der Waals surface area contributed by atoms with Gasteiger partial charge in [0.2, 0.25) is 0 Å². The first-order valence-electron chi connectivity index (χ1n) is 4.94. The summed E-state index contributed by atoms with van der Waals surface area (Å²) in [4.78, 5) is 22.3. The second-order valence-electron chi connectivity index (χ2n) is 4.31. The van der Waals surface area contributed by atoms with Crippen molar-refractivity contribution in [2.75, 3.05) is 7.11 Å². The fourth-order valence-electron chi connectivity index (χ4n) is 3.06. The summed E-state index contributed by atoms with van der Waals surface area (Å²) in [5.74, 6) is -1.04. The molecule has 0 saturated heterocycles. The Bertz CT molecular complexity index is 273. The second kappa shape index (κ2) is 3.26. The Morgan fingerprint density at radius 3 is 2.36 bits per heavy atom. The summed E-state index contributed by atoms with van der Waals surface area (Å²) in [6.07, 6.45) is 2.45. The van der Waals surface area contributed by atoms with Crippen LogP contribution in [-0.2, 0) is 14.3 Å². The third kappa shape index (κ3) is 1.29. The van der Waals surface area contributed by atoms with Crippen LogP contribution >= 0.6 is 0 Å². The van der Waals surface area contributed by atoms with Crippen molar-refractivity contribution in [3.05, 3.63) is 0 Å². The zero-order chi connectivity index (χ0) is 10.3. The van der Waals surface area contributed by atoms with Crippen LogP contribution in [0.5, 0.6) is 0 Å². The number of hydrogen-bond acceptors (Lipinski definition) is 3. The van der Waals surface area contributed by atoms with Gasteiger partial charge in [-0.3, -0.25) is 9.59 Å². The number of carbonyl (C=O) groups excluding carboxylic acids is 1. The number of rotatable bonds is 2. The standard InChI is InChI=1S/C10H14O4/c1-14-10(13)8-4-5-2-6(8)7(3-5)9(11)12/h5-8H,2-4H2,1H3,(H,11,12). The van der Waals surface area contributed by atoms with Crippen LogP contribution in [0, 0.1) is 23.7 Å². The van der Waals surface area contributed by atoms with Gasteiger partial charge >= 0.3 is 11.9 Å². The van der Waals surface area contributed by atoms with E-state index in [2.05, 4.69) is 4.74 Å². The molecule has 0 heterocycles. The minimum absolute atomic E-state index is 0.0185. The molecular weight excluding hydrogens is 184 g/mol. The highest BCUT2D eigenvalue weighted by Crippen LogP contribution is 2.52. The van der Waals surface area contributed by atoms with Crippen molar-refractivity contribution >= 4 is 11.9 Å². The van der Waals surface area contributed by atoms with E-state index in [0.29, 0.717) is 5.92 Å². The molecule has 2 bridgehead atoms. The predicted molar refractivity (Wildman–Crippen MR) is 47.5 cm³/mol. The Labute approximate surface area is 82.2 Å². The van der Waals surface area contributed by atoms with E-state index in [-0.39, 0.29) is 23.7 Å². The molecule has 0 amide bonds. The molecule has 4 heteroatoms. The molecule has 4 nitrogen and oxygen atoms in total. The maximum atomic E-state index is 11.4. The molecule has 0 aliphatic heterocycles. The Kier molecular flexibility index (Phi) is 2.21. The fraction of sp³-hybridized carbons (Fsp3) is 0.800. The van der Waals surface area contributed by atoms with Crippen molar-refractivity contribution in [3.8, 4) is 0 Å². The molecule has 0 spiro atoms. The van der Waals surface area contributed by atoms with Crippen LogP contribution in [-0.4, -0.2) is 24.2 Å². The van der Waals surface area contributed by atoms with Gasteiger partial charge in [-0.25, -0.2) is 0 Å². The molecule has 0 aromatic heterocycles. The van der Waals surface area contributed by atoms with Crippen molar-refractivity contribution < 1.29 is 19.4 Å². The number of hydrogen-bond donors (Lipinski definition) is 1. The summed E-state index contributed by atoms with van der Waals surface area (Å²) in [5.41, 5.74) is 0. The van der Waals surface area contributed by atoms with Gasteiger partial charge in [-0.05, 0) is 31.1 Å². The molecule has 0 radical (unpaired) electrons. The molecule has 4 unspecified atom stereocenters. The minimum atomic E-state index is -0.758. The van der Waals surface area contributed by atoms with E-state index in [9.17, 15) is 9.59 Å². The van der Waals surface area contributed by atoms with Crippen LogP contribution < -0.4 is 0 Å². The summed E-state index contributed by atoms with van der Waals surface area (Å²) in [6, 6.07) is 0. The Morgan fingerprint density at radius 1 is 1.21 bits per heavy atom. The maximum Gasteiger partial charge on any atom is 0.308 e. The number of carboxylic acids is 1.